The molecule has 1 aliphatic carbocycles. The summed E-state index contributed by atoms with van der Waals surface area (Å²) in [6, 6.07) is 4.49. The van der Waals surface area contributed by atoms with Gasteiger partial charge in [0.2, 0.25) is 10.0 Å². The van der Waals surface area contributed by atoms with Crippen molar-refractivity contribution in [2.24, 2.45) is 11.8 Å². The molecule has 1 aliphatic rings. The molecule has 1 fully saturated rings. The summed E-state index contributed by atoms with van der Waals surface area (Å²) >= 11 is 0. The third-order valence-corrected chi connectivity index (χ3v) is 6.07. The minimum absolute atomic E-state index is 0.0622. The zero-order valence-corrected chi connectivity index (χ0v) is 16.5. The first-order chi connectivity index (χ1) is 12.0. The fraction of sp³-hybridized carbons (Fsp3) is 0.529. The average Bonchev–Trinajstić information content (AvgIpc) is 3.29. The van der Waals surface area contributed by atoms with E-state index in [2.05, 4.69) is 5.32 Å². The van der Waals surface area contributed by atoms with E-state index in [4.69, 9.17) is 4.74 Å². The number of amides is 1. The van der Waals surface area contributed by atoms with Crippen LogP contribution in [0.4, 0.5) is 11.4 Å². The van der Waals surface area contributed by atoms with E-state index in [9.17, 15) is 18.0 Å². The van der Waals surface area contributed by atoms with Crippen LogP contribution in [0.25, 0.3) is 0 Å². The van der Waals surface area contributed by atoms with Gasteiger partial charge in [-0.3, -0.25) is 9.59 Å². The van der Waals surface area contributed by atoms with Crippen molar-refractivity contribution in [2.75, 3.05) is 45.0 Å². The van der Waals surface area contributed by atoms with E-state index in [1.54, 1.807) is 25.1 Å². The van der Waals surface area contributed by atoms with Gasteiger partial charge < -0.3 is 15.0 Å². The summed E-state index contributed by atoms with van der Waals surface area (Å²) < 4.78 is 30.7. The van der Waals surface area contributed by atoms with Crippen LogP contribution < -0.4 is 10.2 Å². The highest BCUT2D eigenvalue weighted by Crippen LogP contribution is 2.38. The molecular formula is C17H25N3O5S. The van der Waals surface area contributed by atoms with Crippen molar-refractivity contribution in [1.29, 1.82) is 0 Å². The minimum Gasteiger partial charge on any atom is -0.455 e. The molecule has 9 heteroatoms. The summed E-state index contributed by atoms with van der Waals surface area (Å²) in [7, 11) is 2.79. The Morgan fingerprint density at radius 3 is 2.35 bits per heavy atom. The second-order valence-corrected chi connectivity index (χ2v) is 8.99. The number of carbonyl (C=O) groups excluding carboxylic acids is 2. The van der Waals surface area contributed by atoms with Crippen LogP contribution >= 0.6 is 0 Å². The number of benzene rings is 1. The molecule has 2 atom stereocenters. The zero-order chi connectivity index (χ0) is 19.6. The van der Waals surface area contributed by atoms with Crippen molar-refractivity contribution in [2.45, 2.75) is 18.2 Å². The molecule has 26 heavy (non-hydrogen) atoms. The number of ether oxygens (including phenoxy) is 1. The Kier molecular flexibility index (Phi) is 5.92. The molecule has 8 nitrogen and oxygen atoms in total. The lowest BCUT2D eigenvalue weighted by Crippen LogP contribution is -2.25. The summed E-state index contributed by atoms with van der Waals surface area (Å²) in [5.41, 5.74) is 0.969. The van der Waals surface area contributed by atoms with Crippen molar-refractivity contribution in [3.8, 4) is 0 Å². The van der Waals surface area contributed by atoms with Crippen LogP contribution in [0.2, 0.25) is 0 Å². The number of hydrogen-bond donors (Lipinski definition) is 1. The monoisotopic (exact) mass is 383 g/mol. The molecule has 1 saturated carbocycles. The summed E-state index contributed by atoms with van der Waals surface area (Å²) in [6.45, 7) is 1.55. The normalized spacial score (nSPS) is 19.2. The van der Waals surface area contributed by atoms with Crippen LogP contribution in [0.3, 0.4) is 0 Å². The maximum atomic E-state index is 12.3. The van der Waals surface area contributed by atoms with Crippen LogP contribution in [-0.4, -0.2) is 59.4 Å². The summed E-state index contributed by atoms with van der Waals surface area (Å²) in [5.74, 6) is -0.703. The van der Waals surface area contributed by atoms with Gasteiger partial charge in [0, 0.05) is 28.2 Å². The molecule has 144 valence electrons. The van der Waals surface area contributed by atoms with Gasteiger partial charge in [0.15, 0.2) is 6.61 Å². The smallest absolute Gasteiger partial charge is 0.309 e. The number of sulfonamides is 1. The first-order valence-electron chi connectivity index (χ1n) is 8.24. The number of anilines is 2. The Labute approximate surface area is 154 Å². The molecular weight excluding hydrogens is 358 g/mol. The zero-order valence-electron chi connectivity index (χ0n) is 15.6. The summed E-state index contributed by atoms with van der Waals surface area (Å²) in [5, 5.41) is 2.63. The predicted octanol–water partition coefficient (Wildman–Crippen LogP) is 1.14. The fourth-order valence-corrected chi connectivity index (χ4v) is 3.39. The van der Waals surface area contributed by atoms with Gasteiger partial charge >= 0.3 is 5.97 Å². The Morgan fingerprint density at radius 1 is 1.23 bits per heavy atom. The van der Waals surface area contributed by atoms with Gasteiger partial charge in [0.05, 0.1) is 22.2 Å². The average molecular weight is 383 g/mol. The SMILES string of the molecule is C[C@@H]1C[C@H]1C(=O)OCC(=O)Nc1cc(S(=O)(=O)N(C)C)ccc1N(C)C. The number of carbonyl (C=O) groups is 2. The van der Waals surface area contributed by atoms with E-state index in [1.165, 1.54) is 26.2 Å². The van der Waals surface area contributed by atoms with E-state index in [-0.39, 0.29) is 16.8 Å². The molecule has 0 spiro atoms. The largest absolute Gasteiger partial charge is 0.455 e. The van der Waals surface area contributed by atoms with E-state index < -0.39 is 22.5 Å². The molecule has 1 amide bonds. The molecule has 0 radical (unpaired) electrons. The van der Waals surface area contributed by atoms with Gasteiger partial charge in [-0.1, -0.05) is 6.92 Å². The van der Waals surface area contributed by atoms with Crippen LogP contribution in [0.5, 0.6) is 0 Å². The van der Waals surface area contributed by atoms with Crippen molar-refractivity contribution in [3.05, 3.63) is 18.2 Å². The van der Waals surface area contributed by atoms with E-state index in [0.29, 0.717) is 17.3 Å². The van der Waals surface area contributed by atoms with Gasteiger partial charge in [-0.25, -0.2) is 12.7 Å². The quantitative estimate of drug-likeness (QED) is 0.710. The third kappa shape index (κ3) is 4.53. The molecule has 0 aromatic heterocycles. The first-order valence-corrected chi connectivity index (χ1v) is 9.68. The van der Waals surface area contributed by atoms with Gasteiger partial charge in [0.1, 0.15) is 0 Å². The maximum Gasteiger partial charge on any atom is 0.309 e. The fourth-order valence-electron chi connectivity index (χ4n) is 2.46. The maximum absolute atomic E-state index is 12.3. The Balaban J connectivity index is 2.15. The van der Waals surface area contributed by atoms with Crippen molar-refractivity contribution in [3.63, 3.8) is 0 Å². The van der Waals surface area contributed by atoms with E-state index >= 15 is 0 Å². The highest BCUT2D eigenvalue weighted by atomic mass is 32.2. The summed E-state index contributed by atoms with van der Waals surface area (Å²) in [4.78, 5) is 25.7. The number of rotatable bonds is 7. The second kappa shape index (κ2) is 7.63. The number of esters is 1. The van der Waals surface area contributed by atoms with Crippen molar-refractivity contribution < 1.29 is 22.7 Å². The Bertz CT molecular complexity index is 805. The third-order valence-electron chi connectivity index (χ3n) is 4.26. The molecule has 0 aliphatic heterocycles. The molecule has 0 bridgehead atoms. The van der Waals surface area contributed by atoms with Crippen molar-refractivity contribution in [1.82, 2.24) is 4.31 Å². The topological polar surface area (TPSA) is 96.0 Å². The predicted molar refractivity (Wildman–Crippen MR) is 98.5 cm³/mol. The molecule has 0 unspecified atom stereocenters. The number of hydrogen-bond acceptors (Lipinski definition) is 6. The minimum atomic E-state index is -3.63. The molecule has 2 rings (SSSR count). The lowest BCUT2D eigenvalue weighted by molar-refractivity contribution is -0.148. The lowest BCUT2D eigenvalue weighted by atomic mass is 10.2. The van der Waals surface area contributed by atoms with Gasteiger partial charge in [-0.15, -0.1) is 0 Å². The van der Waals surface area contributed by atoms with Crippen molar-refractivity contribution >= 4 is 33.3 Å². The molecule has 1 aromatic carbocycles. The van der Waals surface area contributed by atoms with Crippen LogP contribution in [0.1, 0.15) is 13.3 Å². The molecule has 0 saturated heterocycles. The Morgan fingerprint density at radius 2 is 1.85 bits per heavy atom. The highest BCUT2D eigenvalue weighted by Gasteiger charge is 2.40. The lowest BCUT2D eigenvalue weighted by Gasteiger charge is -2.20. The highest BCUT2D eigenvalue weighted by molar-refractivity contribution is 7.89. The van der Waals surface area contributed by atoms with E-state index in [0.717, 1.165) is 10.7 Å². The summed E-state index contributed by atoms with van der Waals surface area (Å²) in [6.07, 6.45) is 0.787. The van der Waals surface area contributed by atoms with Gasteiger partial charge in [-0.2, -0.15) is 0 Å². The number of nitrogens with one attached hydrogen (secondary N) is 1. The van der Waals surface area contributed by atoms with Gasteiger partial charge in [-0.05, 0) is 30.5 Å². The van der Waals surface area contributed by atoms with E-state index in [1.807, 2.05) is 6.92 Å². The molecule has 0 heterocycles. The van der Waals surface area contributed by atoms with Crippen LogP contribution in [-0.2, 0) is 24.3 Å². The van der Waals surface area contributed by atoms with Crippen LogP contribution in [0, 0.1) is 11.8 Å². The standard InChI is InChI=1S/C17H25N3O5S/c1-11-8-13(11)17(22)25-10-16(21)18-14-9-12(26(23,24)20(4)5)6-7-15(14)19(2)3/h6-7,9,11,13H,8,10H2,1-5H3,(H,18,21)/t11-,13-/m1/s1. The molecule has 1 aromatic rings. The first kappa shape index (κ1) is 20.2. The van der Waals surface area contributed by atoms with Gasteiger partial charge in [0.25, 0.3) is 5.91 Å². The second-order valence-electron chi connectivity index (χ2n) is 6.84. The number of nitrogens with zero attached hydrogens (tertiary/aromatic N) is 2. The Hall–Kier alpha value is -2.13. The van der Waals surface area contributed by atoms with Crippen LogP contribution in [0.15, 0.2) is 23.1 Å². The molecule has 1 N–H and O–H groups in total.